The molecule has 6 nitrogen and oxygen atoms in total. The number of hydrogen-bond acceptors (Lipinski definition) is 4. The first kappa shape index (κ1) is 17.7. The standard InChI is InChI=1S/C19H20FN3O3/c1-26-18(24)16-4-2-3-5-17(16)22-10-12-23(13-11-22)19(25)21-15-8-6-14(20)7-9-15/h2-9H,10-13H2,1H3,(H,21,25). The van der Waals surface area contributed by atoms with Crippen LogP contribution in [0, 0.1) is 5.82 Å². The van der Waals surface area contributed by atoms with Gasteiger partial charge >= 0.3 is 12.0 Å². The number of carbonyl (C=O) groups excluding carboxylic acids is 2. The third-order valence-corrected chi connectivity index (χ3v) is 4.31. The largest absolute Gasteiger partial charge is 0.465 e. The van der Waals surface area contributed by atoms with E-state index in [1.807, 2.05) is 12.1 Å². The predicted octanol–water partition coefficient (Wildman–Crippen LogP) is 2.97. The van der Waals surface area contributed by atoms with E-state index >= 15 is 0 Å². The maximum absolute atomic E-state index is 12.9. The molecule has 0 bridgehead atoms. The first-order valence-corrected chi connectivity index (χ1v) is 8.32. The molecule has 2 amide bonds. The SMILES string of the molecule is COC(=O)c1ccccc1N1CCN(C(=O)Nc2ccc(F)cc2)CC1. The molecular weight excluding hydrogens is 337 g/mol. The molecule has 3 rings (SSSR count). The van der Waals surface area contributed by atoms with E-state index in [-0.39, 0.29) is 17.8 Å². The van der Waals surface area contributed by atoms with Crippen LogP contribution in [0.5, 0.6) is 0 Å². The lowest BCUT2D eigenvalue weighted by atomic mass is 10.1. The molecule has 1 aliphatic rings. The van der Waals surface area contributed by atoms with Crippen molar-refractivity contribution in [1.82, 2.24) is 4.90 Å². The quantitative estimate of drug-likeness (QED) is 0.858. The number of para-hydroxylation sites is 1. The monoisotopic (exact) mass is 357 g/mol. The number of halogens is 1. The summed E-state index contributed by atoms with van der Waals surface area (Å²) in [6.45, 7) is 2.24. The van der Waals surface area contributed by atoms with Crippen LogP contribution >= 0.6 is 0 Å². The van der Waals surface area contributed by atoms with Gasteiger partial charge in [-0.15, -0.1) is 0 Å². The van der Waals surface area contributed by atoms with Gasteiger partial charge in [0.15, 0.2) is 0 Å². The number of piperazine rings is 1. The van der Waals surface area contributed by atoms with Gasteiger partial charge in [0.1, 0.15) is 5.82 Å². The van der Waals surface area contributed by atoms with Gasteiger partial charge in [-0.1, -0.05) is 12.1 Å². The fraction of sp³-hybridized carbons (Fsp3) is 0.263. The summed E-state index contributed by atoms with van der Waals surface area (Å²) >= 11 is 0. The Hall–Kier alpha value is -3.09. The summed E-state index contributed by atoms with van der Waals surface area (Å²) in [4.78, 5) is 28.0. The summed E-state index contributed by atoms with van der Waals surface area (Å²) in [7, 11) is 1.36. The van der Waals surface area contributed by atoms with Crippen LogP contribution < -0.4 is 10.2 Å². The van der Waals surface area contributed by atoms with E-state index in [9.17, 15) is 14.0 Å². The van der Waals surface area contributed by atoms with Crippen LogP contribution in [0.3, 0.4) is 0 Å². The van der Waals surface area contributed by atoms with Gasteiger partial charge in [0.25, 0.3) is 0 Å². The molecular formula is C19H20FN3O3. The highest BCUT2D eigenvalue weighted by atomic mass is 19.1. The number of urea groups is 1. The maximum Gasteiger partial charge on any atom is 0.339 e. The molecule has 26 heavy (non-hydrogen) atoms. The van der Waals surface area contributed by atoms with E-state index in [4.69, 9.17) is 4.74 Å². The van der Waals surface area contributed by atoms with Crippen molar-refractivity contribution in [1.29, 1.82) is 0 Å². The summed E-state index contributed by atoms with van der Waals surface area (Å²) in [6, 6.07) is 12.7. The minimum absolute atomic E-state index is 0.225. The van der Waals surface area contributed by atoms with Gasteiger partial charge in [-0.25, -0.2) is 14.0 Å². The zero-order valence-electron chi connectivity index (χ0n) is 14.4. The van der Waals surface area contributed by atoms with Crippen molar-refractivity contribution in [3.63, 3.8) is 0 Å². The second-order valence-electron chi connectivity index (χ2n) is 5.92. The molecule has 0 aliphatic carbocycles. The minimum atomic E-state index is -0.378. The van der Waals surface area contributed by atoms with Gasteiger partial charge in [-0.3, -0.25) is 0 Å². The first-order chi connectivity index (χ1) is 12.6. The molecule has 1 aliphatic heterocycles. The molecule has 0 aromatic heterocycles. The lowest BCUT2D eigenvalue weighted by molar-refractivity contribution is 0.0601. The smallest absolute Gasteiger partial charge is 0.339 e. The zero-order valence-corrected chi connectivity index (χ0v) is 14.4. The molecule has 1 saturated heterocycles. The second kappa shape index (κ2) is 7.86. The number of methoxy groups -OCH3 is 1. The molecule has 1 heterocycles. The van der Waals surface area contributed by atoms with E-state index in [1.165, 1.54) is 31.4 Å². The summed E-state index contributed by atoms with van der Waals surface area (Å²) in [6.07, 6.45) is 0. The Morgan fingerprint density at radius 3 is 2.31 bits per heavy atom. The van der Waals surface area contributed by atoms with E-state index < -0.39 is 0 Å². The molecule has 2 aromatic rings. The highest BCUT2D eigenvalue weighted by Gasteiger charge is 2.24. The topological polar surface area (TPSA) is 61.9 Å². The molecule has 0 spiro atoms. The van der Waals surface area contributed by atoms with Crippen LogP contribution in [0.25, 0.3) is 0 Å². The first-order valence-electron chi connectivity index (χ1n) is 8.32. The maximum atomic E-state index is 12.9. The summed E-state index contributed by atoms with van der Waals surface area (Å²) in [5.41, 5.74) is 1.87. The molecule has 0 radical (unpaired) electrons. The number of nitrogens with one attached hydrogen (secondary N) is 1. The number of ether oxygens (including phenoxy) is 1. The summed E-state index contributed by atoms with van der Waals surface area (Å²) in [5.74, 6) is -0.724. The summed E-state index contributed by atoms with van der Waals surface area (Å²) < 4.78 is 17.8. The average molecular weight is 357 g/mol. The van der Waals surface area contributed by atoms with Gasteiger partial charge in [0.2, 0.25) is 0 Å². The van der Waals surface area contributed by atoms with Crippen LogP contribution in [0.15, 0.2) is 48.5 Å². The summed E-state index contributed by atoms with van der Waals surface area (Å²) in [5, 5.41) is 2.76. The van der Waals surface area contributed by atoms with Crippen molar-refractivity contribution < 1.29 is 18.7 Å². The van der Waals surface area contributed by atoms with Crippen LogP contribution in [0.2, 0.25) is 0 Å². The Morgan fingerprint density at radius 2 is 1.65 bits per heavy atom. The van der Waals surface area contributed by atoms with Gasteiger partial charge in [-0.05, 0) is 36.4 Å². The predicted molar refractivity (Wildman–Crippen MR) is 97.0 cm³/mol. The van der Waals surface area contributed by atoms with Crippen LogP contribution in [0.4, 0.5) is 20.6 Å². The van der Waals surface area contributed by atoms with E-state index in [0.717, 1.165) is 5.69 Å². The molecule has 0 saturated carbocycles. The normalized spacial score (nSPS) is 14.1. The Bertz CT molecular complexity index is 787. The van der Waals surface area contributed by atoms with Gasteiger partial charge in [-0.2, -0.15) is 0 Å². The third kappa shape index (κ3) is 3.93. The molecule has 7 heteroatoms. The van der Waals surface area contributed by atoms with Crippen molar-refractivity contribution in [2.24, 2.45) is 0 Å². The van der Waals surface area contributed by atoms with Crippen molar-refractivity contribution in [2.75, 3.05) is 43.5 Å². The fourth-order valence-electron chi connectivity index (χ4n) is 2.92. The molecule has 1 N–H and O–H groups in total. The number of amides is 2. The Balaban J connectivity index is 1.62. The number of nitrogens with zero attached hydrogens (tertiary/aromatic N) is 2. The molecule has 136 valence electrons. The lowest BCUT2D eigenvalue weighted by Crippen LogP contribution is -2.50. The lowest BCUT2D eigenvalue weighted by Gasteiger charge is -2.36. The van der Waals surface area contributed by atoms with Crippen molar-refractivity contribution in [2.45, 2.75) is 0 Å². The average Bonchev–Trinajstić information content (AvgIpc) is 2.69. The highest BCUT2D eigenvalue weighted by Crippen LogP contribution is 2.23. The number of anilines is 2. The van der Waals surface area contributed by atoms with Gasteiger partial charge < -0.3 is 19.9 Å². The molecule has 2 aromatic carbocycles. The fourth-order valence-corrected chi connectivity index (χ4v) is 2.92. The van der Waals surface area contributed by atoms with Crippen molar-refractivity contribution in [3.05, 3.63) is 59.9 Å². The van der Waals surface area contributed by atoms with Crippen molar-refractivity contribution in [3.8, 4) is 0 Å². The molecule has 1 fully saturated rings. The van der Waals surface area contributed by atoms with Crippen LogP contribution in [-0.2, 0) is 4.74 Å². The van der Waals surface area contributed by atoms with Crippen LogP contribution in [-0.4, -0.2) is 50.2 Å². The molecule has 0 unspecified atom stereocenters. The van der Waals surface area contributed by atoms with E-state index in [2.05, 4.69) is 10.2 Å². The van der Waals surface area contributed by atoms with Gasteiger partial charge in [0, 0.05) is 31.9 Å². The second-order valence-corrected chi connectivity index (χ2v) is 5.92. The highest BCUT2D eigenvalue weighted by molar-refractivity contribution is 5.96. The van der Waals surface area contributed by atoms with E-state index in [1.54, 1.807) is 17.0 Å². The minimum Gasteiger partial charge on any atom is -0.465 e. The number of carbonyl (C=O) groups is 2. The molecule has 0 atom stereocenters. The van der Waals surface area contributed by atoms with E-state index in [0.29, 0.717) is 37.4 Å². The zero-order chi connectivity index (χ0) is 18.5. The number of rotatable bonds is 3. The Kier molecular flexibility index (Phi) is 5.36. The number of benzene rings is 2. The number of esters is 1. The van der Waals surface area contributed by atoms with Gasteiger partial charge in [0.05, 0.1) is 18.4 Å². The van der Waals surface area contributed by atoms with Crippen LogP contribution in [0.1, 0.15) is 10.4 Å². The van der Waals surface area contributed by atoms with Crippen molar-refractivity contribution >= 4 is 23.4 Å². The number of hydrogen-bond donors (Lipinski definition) is 1. The Labute approximate surface area is 151 Å². The Morgan fingerprint density at radius 1 is 1.00 bits per heavy atom. The third-order valence-electron chi connectivity index (χ3n) is 4.31.